The van der Waals surface area contributed by atoms with Crippen LogP contribution in [0.2, 0.25) is 0 Å². The minimum Gasteiger partial charge on any atom is -0.759 e. The van der Waals surface area contributed by atoms with Crippen LogP contribution in [0.5, 0.6) is 0 Å². The zero-order valence-corrected chi connectivity index (χ0v) is 12.9. The predicted molar refractivity (Wildman–Crippen MR) is 75.7 cm³/mol. The molecular formula is C12H19NO4S2. The van der Waals surface area contributed by atoms with E-state index in [4.69, 9.17) is 29.7 Å². The van der Waals surface area contributed by atoms with Crippen molar-refractivity contribution in [3.05, 3.63) is 11.1 Å². The van der Waals surface area contributed by atoms with E-state index in [0.29, 0.717) is 5.92 Å². The Morgan fingerprint density at radius 3 is 2.32 bits per heavy atom. The molecule has 0 amide bonds. The monoisotopic (exact) mass is 305 g/mol. The zero-order valence-electron chi connectivity index (χ0n) is 12.3. The third-order valence-electron chi connectivity index (χ3n) is 3.67. The third-order valence-corrected chi connectivity index (χ3v) is 4.30. The number of fused-ring (bicyclic) bond motifs is 1. The number of hydrogen-bond acceptors (Lipinski definition) is 5. The average Bonchev–Trinajstić information content (AvgIpc) is 2.32. The minimum atomic E-state index is -5.17. The maximum Gasteiger partial charge on any atom is 1.00 e. The van der Waals surface area contributed by atoms with Crippen molar-refractivity contribution in [3.63, 3.8) is 0 Å². The maximum absolute atomic E-state index is 8.52. The lowest BCUT2D eigenvalue weighted by Crippen LogP contribution is -2.36. The zero-order chi connectivity index (χ0) is 14.8. The molecule has 0 spiro atoms. The van der Waals surface area contributed by atoms with E-state index >= 15 is 0 Å². The summed E-state index contributed by atoms with van der Waals surface area (Å²) in [6, 6.07) is 0. The van der Waals surface area contributed by atoms with Crippen LogP contribution in [0.25, 0.3) is 0 Å². The Kier molecular flexibility index (Phi) is 5.37. The van der Waals surface area contributed by atoms with E-state index in [9.17, 15) is 0 Å². The Bertz CT molecular complexity index is 544. The van der Waals surface area contributed by atoms with Crippen LogP contribution in [0.1, 0.15) is 41.0 Å². The molecule has 1 saturated carbocycles. The molecule has 1 aliphatic carbocycles. The van der Waals surface area contributed by atoms with E-state index in [0.717, 1.165) is 4.99 Å². The summed E-state index contributed by atoms with van der Waals surface area (Å²) in [5, 5.41) is 0. The second-order valence-corrected chi connectivity index (χ2v) is 6.08. The van der Waals surface area contributed by atoms with Crippen LogP contribution in [0.3, 0.4) is 0 Å². The van der Waals surface area contributed by atoms with Gasteiger partial charge in [0.25, 0.3) is 4.99 Å². The molecule has 2 aliphatic rings. The highest BCUT2D eigenvalue weighted by Crippen LogP contribution is 2.31. The van der Waals surface area contributed by atoms with Gasteiger partial charge in [0, 0.05) is 22.4 Å². The number of rotatable bonds is 0. The van der Waals surface area contributed by atoms with E-state index in [1.165, 1.54) is 37.0 Å². The van der Waals surface area contributed by atoms with Gasteiger partial charge < -0.3 is 9.11 Å². The van der Waals surface area contributed by atoms with Gasteiger partial charge in [0.2, 0.25) is 0 Å². The second kappa shape index (κ2) is 6.21. The van der Waals surface area contributed by atoms with Crippen molar-refractivity contribution >= 4 is 33.3 Å². The fourth-order valence-corrected chi connectivity index (χ4v) is 2.84. The van der Waals surface area contributed by atoms with Crippen LogP contribution >= 0.6 is 12.2 Å². The molecule has 1 unspecified atom stereocenters. The van der Waals surface area contributed by atoms with Crippen molar-refractivity contribution < 1.29 is 23.5 Å². The van der Waals surface area contributed by atoms with E-state index in [1.807, 2.05) is 0 Å². The average molecular weight is 305 g/mol. The maximum atomic E-state index is 8.52. The van der Waals surface area contributed by atoms with Crippen molar-refractivity contribution in [2.24, 2.45) is 5.92 Å². The Labute approximate surface area is 121 Å². The lowest BCUT2D eigenvalue weighted by Gasteiger charge is -2.25. The van der Waals surface area contributed by atoms with Crippen LogP contribution in [0.15, 0.2) is 11.1 Å². The molecule has 1 atom stereocenters. The fourth-order valence-electron chi connectivity index (χ4n) is 2.55. The summed E-state index contributed by atoms with van der Waals surface area (Å²) >= 11 is 5.47. The molecule has 5 nitrogen and oxygen atoms in total. The fraction of sp³-hybridized carbons (Fsp3) is 0.667. The summed E-state index contributed by atoms with van der Waals surface area (Å²) in [7, 11) is -3.04. The van der Waals surface area contributed by atoms with Gasteiger partial charge in [-0.2, -0.15) is 4.58 Å². The van der Waals surface area contributed by atoms with E-state index < -0.39 is 10.4 Å². The van der Waals surface area contributed by atoms with Crippen molar-refractivity contribution in [2.45, 2.75) is 39.5 Å². The summed E-state index contributed by atoms with van der Waals surface area (Å²) in [6.07, 6.45) is 5.16. The van der Waals surface area contributed by atoms with Crippen LogP contribution < -0.4 is 0 Å². The van der Waals surface area contributed by atoms with Gasteiger partial charge in [-0.3, -0.25) is 8.42 Å². The first-order chi connectivity index (χ1) is 8.63. The molecule has 0 N–H and O–H groups in total. The molecule has 108 valence electrons. The van der Waals surface area contributed by atoms with Gasteiger partial charge >= 0.3 is 1.43 Å². The summed E-state index contributed by atoms with van der Waals surface area (Å²) < 4.78 is 36.3. The lowest BCUT2D eigenvalue weighted by molar-refractivity contribution is -0.374. The topological polar surface area (TPSA) is 83.3 Å². The molecule has 2 rings (SSSR count). The Hall–Kier alpha value is -0.630. The smallest absolute Gasteiger partial charge is 0.759 e. The van der Waals surface area contributed by atoms with Gasteiger partial charge in [-0.25, -0.2) is 0 Å². The molecule has 0 aromatic heterocycles. The van der Waals surface area contributed by atoms with Gasteiger partial charge in [-0.1, -0.05) is 0 Å². The third kappa shape index (κ3) is 4.45. The summed E-state index contributed by atoms with van der Waals surface area (Å²) in [4.78, 5) is 1.10. The number of thiocarbonyl (C=S) groups is 1. The molecule has 0 saturated heterocycles. The highest BCUT2D eigenvalue weighted by atomic mass is 32.3. The lowest BCUT2D eigenvalue weighted by atomic mass is 9.82. The number of allylic oxidation sites excluding steroid dienone is 1. The van der Waals surface area contributed by atoms with Gasteiger partial charge in [-0.15, -0.1) is 0 Å². The van der Waals surface area contributed by atoms with Crippen LogP contribution in [0.4, 0.5) is 0 Å². The van der Waals surface area contributed by atoms with Crippen molar-refractivity contribution in [1.29, 1.82) is 0 Å². The molecule has 0 radical (unpaired) electrons. The van der Waals surface area contributed by atoms with Crippen molar-refractivity contribution in [1.82, 2.24) is 0 Å². The molecule has 1 aliphatic heterocycles. The van der Waals surface area contributed by atoms with Gasteiger partial charge in [0.05, 0.1) is 5.92 Å². The second-order valence-electron chi connectivity index (χ2n) is 4.84. The quantitative estimate of drug-likeness (QED) is 0.294. The molecule has 0 aromatic carbocycles. The highest BCUT2D eigenvalue weighted by molar-refractivity contribution is 7.80. The van der Waals surface area contributed by atoms with E-state index in [1.54, 1.807) is 5.57 Å². The minimum absolute atomic E-state index is 0. The van der Waals surface area contributed by atoms with Gasteiger partial charge in [0.1, 0.15) is 7.05 Å². The molecule has 19 heavy (non-hydrogen) atoms. The van der Waals surface area contributed by atoms with E-state index in [-0.39, 0.29) is 1.43 Å². The molecule has 7 heteroatoms. The molecule has 0 aromatic rings. The van der Waals surface area contributed by atoms with Gasteiger partial charge in [-0.05, 0) is 50.9 Å². The first-order valence-corrected chi connectivity index (χ1v) is 7.87. The predicted octanol–water partition coefficient (Wildman–Crippen LogP) is 1.71. The summed E-state index contributed by atoms with van der Waals surface area (Å²) in [6.45, 7) is 4.48. The van der Waals surface area contributed by atoms with Crippen molar-refractivity contribution in [2.75, 3.05) is 7.05 Å². The SMILES string of the molecule is CC1=C2CCCCC2=[N+](C)C(=S)C1C.O=S(=O)([O-])[O-].[H+]. The number of hydrogen-bond donors (Lipinski definition) is 0. The molecule has 1 fully saturated rings. The normalized spacial score (nSPS) is 23.8. The summed E-state index contributed by atoms with van der Waals surface area (Å²) in [5.41, 5.74) is 4.61. The summed E-state index contributed by atoms with van der Waals surface area (Å²) in [5.74, 6) is 0.465. The molecule has 0 bridgehead atoms. The van der Waals surface area contributed by atoms with Crippen molar-refractivity contribution in [3.8, 4) is 0 Å². The molecular weight excluding hydrogens is 286 g/mol. The first kappa shape index (κ1) is 16.4. The largest absolute Gasteiger partial charge is 1.00 e. The van der Waals surface area contributed by atoms with Crippen LogP contribution in [0, 0.1) is 5.92 Å². The van der Waals surface area contributed by atoms with Gasteiger partial charge in [0.15, 0.2) is 5.71 Å². The Morgan fingerprint density at radius 1 is 1.32 bits per heavy atom. The standard InChI is InChI=1S/C12H18NS.H2O4S/c1-8-9(2)12(14)13(3)11-7-5-4-6-10(8)11;1-5(2,3)4/h9H,4-7H2,1-3H3;(H2,1,2,3,4)/q+1;/p-1. The van der Waals surface area contributed by atoms with Crippen LogP contribution in [-0.4, -0.2) is 39.8 Å². The molecule has 1 heterocycles. The first-order valence-electron chi connectivity index (χ1n) is 6.13. The van der Waals surface area contributed by atoms with E-state index in [2.05, 4.69) is 25.5 Å². The van der Waals surface area contributed by atoms with Crippen LogP contribution in [-0.2, 0) is 10.4 Å². The Balaban J connectivity index is 0.000000526. The highest BCUT2D eigenvalue weighted by Gasteiger charge is 2.34. The Morgan fingerprint density at radius 2 is 1.79 bits per heavy atom. The number of nitrogens with zero attached hydrogens (tertiary/aromatic N) is 1.